The third-order valence-corrected chi connectivity index (χ3v) is 3.43. The SMILES string of the molecule is O=C(COC(=O)[C@H](O)c1ccccc1)Nc1ccc([N+](=O)[O-])cc1Cl. The van der Waals surface area contributed by atoms with E-state index in [1.807, 2.05) is 0 Å². The molecule has 130 valence electrons. The molecule has 25 heavy (non-hydrogen) atoms. The van der Waals surface area contributed by atoms with Crippen LogP contribution in [0.1, 0.15) is 11.7 Å². The highest BCUT2D eigenvalue weighted by Gasteiger charge is 2.20. The number of carbonyl (C=O) groups is 2. The maximum atomic E-state index is 11.8. The van der Waals surface area contributed by atoms with Crippen molar-refractivity contribution in [3.8, 4) is 0 Å². The van der Waals surface area contributed by atoms with E-state index < -0.39 is 29.5 Å². The summed E-state index contributed by atoms with van der Waals surface area (Å²) in [6, 6.07) is 11.6. The average molecular weight is 365 g/mol. The number of non-ortho nitro benzene ring substituents is 1. The number of anilines is 1. The number of rotatable bonds is 6. The minimum atomic E-state index is -1.50. The van der Waals surface area contributed by atoms with Crippen molar-refractivity contribution in [1.82, 2.24) is 0 Å². The number of nitrogens with one attached hydrogen (secondary N) is 1. The van der Waals surface area contributed by atoms with Crippen LogP contribution in [-0.4, -0.2) is 28.5 Å². The summed E-state index contributed by atoms with van der Waals surface area (Å²) in [6.45, 7) is -0.643. The van der Waals surface area contributed by atoms with E-state index in [1.165, 1.54) is 12.1 Å². The number of carbonyl (C=O) groups excluding carboxylic acids is 2. The first-order chi connectivity index (χ1) is 11.9. The van der Waals surface area contributed by atoms with Crippen molar-refractivity contribution >= 4 is 34.9 Å². The second-order valence-electron chi connectivity index (χ2n) is 4.89. The Morgan fingerprint density at radius 3 is 2.52 bits per heavy atom. The van der Waals surface area contributed by atoms with Crippen LogP contribution < -0.4 is 5.32 Å². The summed E-state index contributed by atoms with van der Waals surface area (Å²) in [4.78, 5) is 33.5. The van der Waals surface area contributed by atoms with Crippen LogP contribution in [0, 0.1) is 10.1 Å². The van der Waals surface area contributed by atoms with E-state index in [9.17, 15) is 24.8 Å². The molecule has 8 nitrogen and oxygen atoms in total. The Balaban J connectivity index is 1.90. The number of hydrogen-bond donors (Lipinski definition) is 2. The lowest BCUT2D eigenvalue weighted by atomic mass is 10.1. The van der Waals surface area contributed by atoms with Gasteiger partial charge in [-0.3, -0.25) is 14.9 Å². The molecular weight excluding hydrogens is 352 g/mol. The molecule has 1 atom stereocenters. The predicted octanol–water partition coefficient (Wildman–Crippen LogP) is 2.46. The maximum absolute atomic E-state index is 11.8. The van der Waals surface area contributed by atoms with Gasteiger partial charge in [0, 0.05) is 12.1 Å². The van der Waals surface area contributed by atoms with E-state index in [0.717, 1.165) is 6.07 Å². The van der Waals surface area contributed by atoms with Crippen LogP contribution in [0.3, 0.4) is 0 Å². The Bertz CT molecular complexity index is 796. The molecule has 0 aliphatic rings. The zero-order chi connectivity index (χ0) is 18.4. The van der Waals surface area contributed by atoms with Gasteiger partial charge in [0.05, 0.1) is 15.6 Å². The van der Waals surface area contributed by atoms with Crippen molar-refractivity contribution in [2.45, 2.75) is 6.10 Å². The number of aliphatic hydroxyl groups excluding tert-OH is 1. The highest BCUT2D eigenvalue weighted by molar-refractivity contribution is 6.34. The van der Waals surface area contributed by atoms with Gasteiger partial charge in [-0.05, 0) is 11.6 Å². The largest absolute Gasteiger partial charge is 0.453 e. The minimum absolute atomic E-state index is 0.0294. The van der Waals surface area contributed by atoms with Gasteiger partial charge in [0.15, 0.2) is 12.7 Å². The minimum Gasteiger partial charge on any atom is -0.453 e. The Kier molecular flexibility index (Phi) is 6.04. The number of hydrogen-bond acceptors (Lipinski definition) is 6. The Hall–Kier alpha value is -2.97. The van der Waals surface area contributed by atoms with Gasteiger partial charge in [-0.25, -0.2) is 4.79 Å². The molecule has 0 saturated carbocycles. The van der Waals surface area contributed by atoms with E-state index in [1.54, 1.807) is 30.3 Å². The van der Waals surface area contributed by atoms with Gasteiger partial charge >= 0.3 is 5.97 Å². The second kappa shape index (κ2) is 8.22. The van der Waals surface area contributed by atoms with Crippen molar-refractivity contribution in [2.75, 3.05) is 11.9 Å². The fraction of sp³-hybridized carbons (Fsp3) is 0.125. The number of benzene rings is 2. The van der Waals surface area contributed by atoms with Gasteiger partial charge in [0.2, 0.25) is 0 Å². The normalized spacial score (nSPS) is 11.4. The topological polar surface area (TPSA) is 119 Å². The van der Waals surface area contributed by atoms with Gasteiger partial charge in [0.25, 0.3) is 11.6 Å². The molecule has 0 unspecified atom stereocenters. The second-order valence-corrected chi connectivity index (χ2v) is 5.30. The van der Waals surface area contributed by atoms with Gasteiger partial charge in [-0.1, -0.05) is 41.9 Å². The number of halogens is 1. The summed E-state index contributed by atoms with van der Waals surface area (Å²) in [5, 5.41) is 22.8. The monoisotopic (exact) mass is 364 g/mol. The van der Waals surface area contributed by atoms with Crippen LogP contribution in [0.25, 0.3) is 0 Å². The fourth-order valence-corrected chi connectivity index (χ4v) is 2.11. The van der Waals surface area contributed by atoms with Gasteiger partial charge < -0.3 is 15.2 Å². The molecule has 0 spiro atoms. The van der Waals surface area contributed by atoms with Crippen molar-refractivity contribution in [3.05, 3.63) is 69.2 Å². The molecule has 0 fully saturated rings. The summed E-state index contributed by atoms with van der Waals surface area (Å²) < 4.78 is 4.74. The molecule has 0 aromatic heterocycles. The molecule has 9 heteroatoms. The third kappa shape index (κ3) is 5.00. The van der Waals surface area contributed by atoms with E-state index in [4.69, 9.17) is 16.3 Å². The first-order valence-electron chi connectivity index (χ1n) is 7.02. The molecule has 0 aliphatic heterocycles. The van der Waals surface area contributed by atoms with Gasteiger partial charge in [0.1, 0.15) is 0 Å². The lowest BCUT2D eigenvalue weighted by molar-refractivity contribution is -0.384. The summed E-state index contributed by atoms with van der Waals surface area (Å²) in [5.74, 6) is -1.68. The first kappa shape index (κ1) is 18.4. The van der Waals surface area contributed by atoms with Gasteiger partial charge in [-0.2, -0.15) is 0 Å². The standard InChI is InChI=1S/C16H13ClN2O6/c17-12-8-11(19(23)24)6-7-13(12)18-14(20)9-25-16(22)15(21)10-4-2-1-3-5-10/h1-8,15,21H,9H2,(H,18,20)/t15-/m1/s1. The van der Waals surface area contributed by atoms with E-state index in [2.05, 4.69) is 5.32 Å². The van der Waals surface area contributed by atoms with E-state index in [-0.39, 0.29) is 16.4 Å². The molecule has 2 aromatic rings. The molecule has 0 radical (unpaired) electrons. The highest BCUT2D eigenvalue weighted by atomic mass is 35.5. The van der Waals surface area contributed by atoms with E-state index >= 15 is 0 Å². The number of nitrogens with zero attached hydrogens (tertiary/aromatic N) is 1. The number of ether oxygens (including phenoxy) is 1. The number of nitro groups is 1. The van der Waals surface area contributed by atoms with Crippen molar-refractivity contribution in [3.63, 3.8) is 0 Å². The average Bonchev–Trinajstić information content (AvgIpc) is 2.61. The summed E-state index contributed by atoms with van der Waals surface area (Å²) >= 11 is 5.84. The molecule has 1 amide bonds. The van der Waals surface area contributed by atoms with Crippen molar-refractivity contribution < 1.29 is 24.4 Å². The maximum Gasteiger partial charge on any atom is 0.340 e. The van der Waals surface area contributed by atoms with Crippen molar-refractivity contribution in [2.24, 2.45) is 0 Å². The summed E-state index contributed by atoms with van der Waals surface area (Å²) in [5.41, 5.74) is 0.253. The number of amides is 1. The van der Waals surface area contributed by atoms with Crippen LogP contribution in [0.5, 0.6) is 0 Å². The number of esters is 1. The molecule has 0 saturated heterocycles. The Labute approximate surface area is 147 Å². The van der Waals surface area contributed by atoms with Crippen LogP contribution in [0.15, 0.2) is 48.5 Å². The lowest BCUT2D eigenvalue weighted by Gasteiger charge is -2.11. The third-order valence-electron chi connectivity index (χ3n) is 3.12. The molecule has 0 heterocycles. The summed E-state index contributed by atoms with van der Waals surface area (Å²) in [7, 11) is 0. The van der Waals surface area contributed by atoms with Crippen LogP contribution in [0.4, 0.5) is 11.4 Å². The summed E-state index contributed by atoms with van der Waals surface area (Å²) in [6.07, 6.45) is -1.50. The quantitative estimate of drug-likeness (QED) is 0.461. The number of aliphatic hydroxyl groups is 1. The van der Waals surface area contributed by atoms with Crippen LogP contribution in [-0.2, 0) is 14.3 Å². The molecule has 0 bridgehead atoms. The molecule has 0 aliphatic carbocycles. The predicted molar refractivity (Wildman–Crippen MR) is 89.1 cm³/mol. The Morgan fingerprint density at radius 1 is 1.24 bits per heavy atom. The molecule has 2 rings (SSSR count). The first-order valence-corrected chi connectivity index (χ1v) is 7.39. The van der Waals surface area contributed by atoms with Crippen LogP contribution >= 0.6 is 11.6 Å². The van der Waals surface area contributed by atoms with E-state index in [0.29, 0.717) is 5.56 Å². The highest BCUT2D eigenvalue weighted by Crippen LogP contribution is 2.26. The molecular formula is C16H13ClN2O6. The number of nitro benzene ring substituents is 1. The van der Waals surface area contributed by atoms with Crippen molar-refractivity contribution in [1.29, 1.82) is 0 Å². The fourth-order valence-electron chi connectivity index (χ4n) is 1.89. The molecule has 2 N–H and O–H groups in total. The molecule has 2 aromatic carbocycles. The van der Waals surface area contributed by atoms with Gasteiger partial charge in [-0.15, -0.1) is 0 Å². The zero-order valence-electron chi connectivity index (χ0n) is 12.7. The lowest BCUT2D eigenvalue weighted by Crippen LogP contribution is -2.24. The Morgan fingerprint density at radius 2 is 1.92 bits per heavy atom. The smallest absolute Gasteiger partial charge is 0.340 e. The zero-order valence-corrected chi connectivity index (χ0v) is 13.5. The van der Waals surface area contributed by atoms with Crippen LogP contribution in [0.2, 0.25) is 5.02 Å².